The topological polar surface area (TPSA) is 88.7 Å². The molecule has 1 aromatic heterocycles. The predicted molar refractivity (Wildman–Crippen MR) is 65.5 cm³/mol. The fraction of sp³-hybridized carbons (Fsp3) is 0.750. The fourth-order valence-electron chi connectivity index (χ4n) is 2.38. The van der Waals surface area contributed by atoms with E-state index in [0.717, 1.165) is 13.0 Å². The second-order valence-electron chi connectivity index (χ2n) is 4.75. The maximum absolute atomic E-state index is 11.2. The summed E-state index contributed by atoms with van der Waals surface area (Å²) in [6.45, 7) is 5.77. The molecule has 2 rings (SSSR count). The summed E-state index contributed by atoms with van der Waals surface area (Å²) in [7, 11) is 0. The van der Waals surface area contributed by atoms with Gasteiger partial charge in [-0.05, 0) is 13.0 Å². The van der Waals surface area contributed by atoms with Crippen LogP contribution in [-0.4, -0.2) is 51.9 Å². The molecule has 0 amide bonds. The van der Waals surface area contributed by atoms with Crippen molar-refractivity contribution >= 4 is 5.97 Å². The first-order chi connectivity index (χ1) is 9.11. The smallest absolute Gasteiger partial charge is 0.310 e. The lowest BCUT2D eigenvalue weighted by Gasteiger charge is -2.28. The van der Waals surface area contributed by atoms with Crippen molar-refractivity contribution in [3.63, 3.8) is 0 Å². The highest BCUT2D eigenvalue weighted by molar-refractivity contribution is 5.71. The van der Waals surface area contributed by atoms with Crippen LogP contribution < -0.4 is 0 Å². The number of hydrogen-bond donors (Lipinski definition) is 1. The van der Waals surface area contributed by atoms with Crippen LogP contribution >= 0.6 is 0 Å². The van der Waals surface area contributed by atoms with Gasteiger partial charge in [0.2, 0.25) is 5.89 Å². The Hall–Kier alpha value is -1.47. The molecule has 106 valence electrons. The summed E-state index contributed by atoms with van der Waals surface area (Å²) in [5, 5.41) is 13.1. The highest BCUT2D eigenvalue weighted by atomic mass is 16.5. The van der Waals surface area contributed by atoms with Gasteiger partial charge in [-0.3, -0.25) is 9.69 Å². The van der Waals surface area contributed by atoms with Crippen LogP contribution in [0.4, 0.5) is 0 Å². The average molecular weight is 269 g/mol. The largest absolute Gasteiger partial charge is 0.481 e. The molecule has 2 unspecified atom stereocenters. The monoisotopic (exact) mass is 269 g/mol. The van der Waals surface area contributed by atoms with Crippen LogP contribution in [0.3, 0.4) is 0 Å². The number of aliphatic carboxylic acids is 1. The minimum Gasteiger partial charge on any atom is -0.481 e. The van der Waals surface area contributed by atoms with Gasteiger partial charge in [-0.15, -0.1) is 0 Å². The van der Waals surface area contributed by atoms with E-state index in [1.807, 2.05) is 0 Å². The number of carboxylic acid groups (broad SMARTS) is 1. The van der Waals surface area contributed by atoms with E-state index in [0.29, 0.717) is 24.9 Å². The van der Waals surface area contributed by atoms with E-state index in [4.69, 9.17) is 9.26 Å². The van der Waals surface area contributed by atoms with E-state index < -0.39 is 11.9 Å². The third-order valence-electron chi connectivity index (χ3n) is 3.26. The number of carbonyl (C=O) groups is 1. The molecule has 0 radical (unpaired) electrons. The van der Waals surface area contributed by atoms with Crippen molar-refractivity contribution in [2.45, 2.75) is 32.9 Å². The lowest BCUT2D eigenvalue weighted by molar-refractivity contribution is -0.143. The number of nitrogens with zero attached hydrogens (tertiary/aromatic N) is 3. The van der Waals surface area contributed by atoms with Crippen LogP contribution in [0.5, 0.6) is 0 Å². The van der Waals surface area contributed by atoms with Crippen molar-refractivity contribution in [3.05, 3.63) is 11.7 Å². The normalized spacial score (nSPS) is 23.1. The second-order valence-corrected chi connectivity index (χ2v) is 4.75. The molecule has 19 heavy (non-hydrogen) atoms. The van der Waals surface area contributed by atoms with Gasteiger partial charge in [0.05, 0.1) is 25.7 Å². The quantitative estimate of drug-likeness (QED) is 0.812. The Morgan fingerprint density at radius 2 is 2.32 bits per heavy atom. The van der Waals surface area contributed by atoms with Gasteiger partial charge in [-0.1, -0.05) is 12.1 Å². The van der Waals surface area contributed by atoms with Gasteiger partial charge in [0.15, 0.2) is 5.82 Å². The summed E-state index contributed by atoms with van der Waals surface area (Å²) >= 11 is 0. The van der Waals surface area contributed by atoms with E-state index in [9.17, 15) is 9.90 Å². The van der Waals surface area contributed by atoms with E-state index >= 15 is 0 Å². The number of rotatable bonds is 6. The number of aryl methyl sites for hydroxylation is 1. The zero-order chi connectivity index (χ0) is 13.8. The molecule has 0 saturated carbocycles. The van der Waals surface area contributed by atoms with Crippen molar-refractivity contribution in [1.82, 2.24) is 15.0 Å². The van der Waals surface area contributed by atoms with Gasteiger partial charge in [0.25, 0.3) is 0 Å². The zero-order valence-electron chi connectivity index (χ0n) is 11.2. The third kappa shape index (κ3) is 3.30. The molecule has 2 heterocycles. The Labute approximate surface area is 111 Å². The molecule has 2 atom stereocenters. The molecule has 1 fully saturated rings. The molecule has 1 saturated heterocycles. The summed E-state index contributed by atoms with van der Waals surface area (Å²) in [6, 6.07) is -0.128. The first-order valence-electron chi connectivity index (χ1n) is 6.45. The minimum absolute atomic E-state index is 0.128. The highest BCUT2D eigenvalue weighted by Crippen LogP contribution is 2.21. The third-order valence-corrected chi connectivity index (χ3v) is 3.26. The summed E-state index contributed by atoms with van der Waals surface area (Å²) in [6.07, 6.45) is 0.930. The Kier molecular flexibility index (Phi) is 4.49. The molecule has 7 heteroatoms. The molecule has 0 spiro atoms. The van der Waals surface area contributed by atoms with Crippen LogP contribution in [0, 0.1) is 12.8 Å². The number of ether oxygens (including phenoxy) is 1. The molecule has 1 aromatic rings. The first kappa shape index (κ1) is 14.0. The zero-order valence-corrected chi connectivity index (χ0v) is 11.2. The maximum Gasteiger partial charge on any atom is 0.310 e. The van der Waals surface area contributed by atoms with Crippen LogP contribution in [0.25, 0.3) is 0 Å². The lowest BCUT2D eigenvalue weighted by Crippen LogP contribution is -2.43. The van der Waals surface area contributed by atoms with Crippen LogP contribution in [-0.2, 0) is 16.1 Å². The van der Waals surface area contributed by atoms with E-state index in [-0.39, 0.29) is 12.6 Å². The van der Waals surface area contributed by atoms with E-state index in [2.05, 4.69) is 22.0 Å². The predicted octanol–water partition coefficient (Wildman–Crippen LogP) is 0.690. The van der Waals surface area contributed by atoms with Crippen LogP contribution in [0.1, 0.15) is 25.1 Å². The van der Waals surface area contributed by atoms with Crippen LogP contribution in [0.15, 0.2) is 4.52 Å². The van der Waals surface area contributed by atoms with Crippen molar-refractivity contribution in [2.75, 3.05) is 19.8 Å². The minimum atomic E-state index is -0.812. The molecule has 0 aliphatic carbocycles. The van der Waals surface area contributed by atoms with Crippen molar-refractivity contribution in [1.29, 1.82) is 0 Å². The number of aromatic nitrogens is 2. The van der Waals surface area contributed by atoms with Gasteiger partial charge < -0.3 is 14.4 Å². The van der Waals surface area contributed by atoms with Crippen molar-refractivity contribution in [3.8, 4) is 0 Å². The summed E-state index contributed by atoms with van der Waals surface area (Å²) in [5.41, 5.74) is 0. The van der Waals surface area contributed by atoms with E-state index in [1.165, 1.54) is 0 Å². The molecular weight excluding hydrogens is 250 g/mol. The Morgan fingerprint density at radius 3 is 2.89 bits per heavy atom. The highest BCUT2D eigenvalue weighted by Gasteiger charge is 2.38. The van der Waals surface area contributed by atoms with Crippen molar-refractivity contribution in [2.24, 2.45) is 5.92 Å². The molecular formula is C12H19N3O4. The van der Waals surface area contributed by atoms with Gasteiger partial charge >= 0.3 is 5.97 Å². The standard InChI is InChI=1S/C12H19N3O4/c1-3-4-15(5-11-13-8(2)19-14-11)10-7-18-6-9(10)12(16)17/h9-10H,3-7H2,1-2H3,(H,16,17). The van der Waals surface area contributed by atoms with Crippen LogP contribution in [0.2, 0.25) is 0 Å². The molecule has 0 aromatic carbocycles. The molecule has 1 aliphatic rings. The Morgan fingerprint density at radius 1 is 1.53 bits per heavy atom. The summed E-state index contributed by atoms with van der Waals surface area (Å²) in [4.78, 5) is 17.5. The van der Waals surface area contributed by atoms with Gasteiger partial charge in [0.1, 0.15) is 0 Å². The second kappa shape index (κ2) is 6.12. The van der Waals surface area contributed by atoms with Crippen molar-refractivity contribution < 1.29 is 19.2 Å². The van der Waals surface area contributed by atoms with Gasteiger partial charge in [-0.25, -0.2) is 0 Å². The molecule has 1 N–H and O–H groups in total. The molecule has 1 aliphatic heterocycles. The molecule has 7 nitrogen and oxygen atoms in total. The Balaban J connectivity index is 2.08. The fourth-order valence-corrected chi connectivity index (χ4v) is 2.38. The summed E-state index contributed by atoms with van der Waals surface area (Å²) < 4.78 is 10.3. The SMILES string of the molecule is CCCN(Cc1noc(C)n1)C1COCC1C(=O)O. The number of hydrogen-bond acceptors (Lipinski definition) is 6. The maximum atomic E-state index is 11.2. The lowest BCUT2D eigenvalue weighted by atomic mass is 10.0. The van der Waals surface area contributed by atoms with Gasteiger partial charge in [0, 0.05) is 13.0 Å². The van der Waals surface area contributed by atoms with Gasteiger partial charge in [-0.2, -0.15) is 4.98 Å². The number of carboxylic acids is 1. The Bertz CT molecular complexity index is 434. The average Bonchev–Trinajstić information content (AvgIpc) is 2.97. The summed E-state index contributed by atoms with van der Waals surface area (Å²) in [5.74, 6) is -0.196. The van der Waals surface area contributed by atoms with E-state index in [1.54, 1.807) is 6.92 Å². The molecule has 0 bridgehead atoms. The first-order valence-corrected chi connectivity index (χ1v) is 6.45.